The number of phenols is 2. The summed E-state index contributed by atoms with van der Waals surface area (Å²) in [6.45, 7) is 6.67. The van der Waals surface area contributed by atoms with Gasteiger partial charge in [0, 0.05) is 25.7 Å². The molecule has 1 aromatic rings. The Labute approximate surface area is 245 Å². The molecule has 1 aliphatic rings. The summed E-state index contributed by atoms with van der Waals surface area (Å²) in [6, 6.07) is 3.40. The third kappa shape index (κ3) is 9.55. The Morgan fingerprint density at radius 2 is 1.36 bits per heavy atom. The van der Waals surface area contributed by atoms with Crippen LogP contribution in [0.3, 0.4) is 0 Å². The lowest BCUT2D eigenvalue weighted by molar-refractivity contribution is -0.214. The summed E-state index contributed by atoms with van der Waals surface area (Å²) in [4.78, 5) is 50.9. The van der Waals surface area contributed by atoms with E-state index in [9.17, 15) is 29.4 Å². The Bertz CT molecular complexity index is 1090. The zero-order valence-corrected chi connectivity index (χ0v) is 24.6. The molecule has 0 saturated heterocycles. The standard InChI is InChI=1S/C29H43FN2O10/c1-5-8-23(35)39-21-13-14-22(27(42-25(37)10-7-3)26(21)41-24(36)9-6-2)40-28(38)29(4,32-31)16-18(30)17-11-12-19(33)20(34)15-17/h11-12,15,18,21-22,26-27,32-34H,5-10,13-14,16,31H2,1-4H3/t18?,21-,22?,26+,27+,29+/m1/s1. The van der Waals surface area contributed by atoms with E-state index < -0.39 is 77.9 Å². The Hall–Kier alpha value is -3.45. The highest BCUT2D eigenvalue weighted by Crippen LogP contribution is 2.35. The maximum absolute atomic E-state index is 15.2. The van der Waals surface area contributed by atoms with E-state index in [4.69, 9.17) is 24.8 Å². The summed E-state index contributed by atoms with van der Waals surface area (Å²) in [6.07, 6.45) is -5.05. The number of carbonyl (C=O) groups is 4. The average Bonchev–Trinajstić information content (AvgIpc) is 2.93. The fourth-order valence-corrected chi connectivity index (χ4v) is 4.56. The van der Waals surface area contributed by atoms with Gasteiger partial charge in [0.2, 0.25) is 0 Å². The topological polar surface area (TPSA) is 184 Å². The number of aromatic hydroxyl groups is 2. The van der Waals surface area contributed by atoms with E-state index in [-0.39, 0.29) is 37.7 Å². The van der Waals surface area contributed by atoms with Gasteiger partial charge in [0.05, 0.1) is 0 Å². The van der Waals surface area contributed by atoms with Crippen molar-refractivity contribution >= 4 is 23.9 Å². The van der Waals surface area contributed by atoms with Crippen molar-refractivity contribution in [1.82, 2.24) is 5.43 Å². The van der Waals surface area contributed by atoms with Crippen LogP contribution < -0.4 is 11.3 Å². The number of rotatable bonds is 15. The van der Waals surface area contributed by atoms with Crippen molar-refractivity contribution in [3.05, 3.63) is 23.8 Å². The lowest BCUT2D eigenvalue weighted by Crippen LogP contribution is -2.59. The Morgan fingerprint density at radius 1 is 0.881 bits per heavy atom. The van der Waals surface area contributed by atoms with Gasteiger partial charge in [0.1, 0.15) is 23.9 Å². The molecule has 0 bridgehead atoms. The number of hydrazine groups is 1. The molecular formula is C29H43FN2O10. The van der Waals surface area contributed by atoms with Gasteiger partial charge in [-0.3, -0.25) is 20.2 Å². The molecule has 1 saturated carbocycles. The summed E-state index contributed by atoms with van der Waals surface area (Å²) in [5, 5.41) is 19.3. The van der Waals surface area contributed by atoms with Gasteiger partial charge in [-0.1, -0.05) is 26.8 Å². The normalized spacial score (nSPS) is 22.3. The Balaban J connectivity index is 2.35. The first kappa shape index (κ1) is 34.7. The fraction of sp³-hybridized carbons (Fsp3) is 0.655. The van der Waals surface area contributed by atoms with Crippen LogP contribution in [0.25, 0.3) is 0 Å². The molecule has 236 valence electrons. The van der Waals surface area contributed by atoms with E-state index in [1.807, 2.05) is 0 Å². The lowest BCUT2D eigenvalue weighted by Gasteiger charge is -2.41. The maximum Gasteiger partial charge on any atom is 0.327 e. The molecule has 0 aromatic heterocycles. The van der Waals surface area contributed by atoms with Crippen molar-refractivity contribution in [3.8, 4) is 11.5 Å². The van der Waals surface area contributed by atoms with Gasteiger partial charge < -0.3 is 29.2 Å². The van der Waals surface area contributed by atoms with Crippen LogP contribution in [-0.4, -0.2) is 64.0 Å². The van der Waals surface area contributed by atoms with Crippen molar-refractivity contribution in [2.24, 2.45) is 5.84 Å². The summed E-state index contributed by atoms with van der Waals surface area (Å²) in [5.41, 5.74) is 0.492. The second-order valence-corrected chi connectivity index (χ2v) is 10.6. The Kier molecular flexibility index (Phi) is 13.4. The first-order valence-electron chi connectivity index (χ1n) is 14.3. The number of nitrogens with one attached hydrogen (secondary N) is 1. The van der Waals surface area contributed by atoms with Gasteiger partial charge in [-0.25, -0.2) is 14.6 Å². The van der Waals surface area contributed by atoms with Crippen molar-refractivity contribution in [3.63, 3.8) is 0 Å². The molecule has 0 heterocycles. The third-order valence-electron chi connectivity index (χ3n) is 6.95. The summed E-state index contributed by atoms with van der Waals surface area (Å²) < 4.78 is 37.9. The molecule has 0 amide bonds. The molecule has 6 atom stereocenters. The van der Waals surface area contributed by atoms with Gasteiger partial charge in [-0.2, -0.15) is 0 Å². The number of hydrogen-bond acceptors (Lipinski definition) is 12. The van der Waals surface area contributed by atoms with E-state index >= 15 is 4.39 Å². The predicted octanol–water partition coefficient (Wildman–Crippen LogP) is 3.56. The van der Waals surface area contributed by atoms with E-state index in [1.54, 1.807) is 20.8 Å². The number of alkyl halides is 1. The van der Waals surface area contributed by atoms with Gasteiger partial charge in [0.15, 0.2) is 23.7 Å². The summed E-state index contributed by atoms with van der Waals surface area (Å²) in [7, 11) is 0. The highest BCUT2D eigenvalue weighted by Gasteiger charge is 2.49. The second-order valence-electron chi connectivity index (χ2n) is 10.6. The molecule has 0 radical (unpaired) electrons. The largest absolute Gasteiger partial charge is 0.504 e. The number of nitrogens with two attached hydrogens (primary N) is 1. The quantitative estimate of drug-likeness (QED) is 0.0758. The Morgan fingerprint density at radius 3 is 1.81 bits per heavy atom. The number of hydrogen-bond donors (Lipinski definition) is 4. The molecule has 0 spiro atoms. The second kappa shape index (κ2) is 16.3. The average molecular weight is 599 g/mol. The van der Waals surface area contributed by atoms with Gasteiger partial charge >= 0.3 is 23.9 Å². The van der Waals surface area contributed by atoms with Crippen LogP contribution in [0.5, 0.6) is 11.5 Å². The van der Waals surface area contributed by atoms with Crippen LogP contribution in [0.4, 0.5) is 4.39 Å². The number of benzene rings is 1. The molecule has 2 unspecified atom stereocenters. The molecule has 5 N–H and O–H groups in total. The number of phenolic OH excluding ortho intramolecular Hbond substituents is 2. The number of halogens is 1. The number of carbonyl (C=O) groups excluding carboxylic acids is 4. The van der Waals surface area contributed by atoms with Crippen LogP contribution in [-0.2, 0) is 38.1 Å². The SMILES string of the molecule is CCCC(=O)O[C@H]1[C@H](OC(=O)CCC)CCC(OC(=O)[C@](C)(CC(F)c2ccc(O)c(O)c2)NN)[C@@H]1OC(=O)CCC. The van der Waals surface area contributed by atoms with E-state index in [1.165, 1.54) is 13.0 Å². The number of ether oxygens (including phenoxy) is 4. The van der Waals surface area contributed by atoms with Gasteiger partial charge in [-0.05, 0) is 56.7 Å². The minimum atomic E-state index is -1.81. The van der Waals surface area contributed by atoms with Crippen molar-refractivity contribution < 1.29 is 52.7 Å². The highest BCUT2D eigenvalue weighted by molar-refractivity contribution is 5.80. The molecular weight excluding hydrogens is 555 g/mol. The zero-order valence-electron chi connectivity index (χ0n) is 24.6. The molecule has 42 heavy (non-hydrogen) atoms. The van der Waals surface area contributed by atoms with Crippen LogP contribution in [0, 0.1) is 0 Å². The van der Waals surface area contributed by atoms with E-state index in [0.717, 1.165) is 12.1 Å². The van der Waals surface area contributed by atoms with Gasteiger partial charge in [-0.15, -0.1) is 0 Å². The molecule has 1 aromatic carbocycles. The zero-order chi connectivity index (χ0) is 31.4. The van der Waals surface area contributed by atoms with Crippen LogP contribution >= 0.6 is 0 Å². The fourth-order valence-electron chi connectivity index (χ4n) is 4.56. The lowest BCUT2D eigenvalue weighted by atomic mass is 9.88. The maximum atomic E-state index is 15.2. The molecule has 13 heteroatoms. The van der Waals surface area contributed by atoms with E-state index in [0.29, 0.717) is 19.3 Å². The first-order valence-corrected chi connectivity index (χ1v) is 14.3. The monoisotopic (exact) mass is 598 g/mol. The van der Waals surface area contributed by atoms with E-state index in [2.05, 4.69) is 5.43 Å². The smallest absolute Gasteiger partial charge is 0.327 e. The number of esters is 4. The highest BCUT2D eigenvalue weighted by atomic mass is 19.1. The van der Waals surface area contributed by atoms with Crippen molar-refractivity contribution in [2.45, 2.75) is 122 Å². The van der Waals surface area contributed by atoms with Crippen molar-refractivity contribution in [1.29, 1.82) is 0 Å². The van der Waals surface area contributed by atoms with Crippen LogP contribution in [0.1, 0.15) is 97.2 Å². The minimum absolute atomic E-state index is 0.0109. The molecule has 1 aliphatic carbocycles. The summed E-state index contributed by atoms with van der Waals surface area (Å²) >= 11 is 0. The van der Waals surface area contributed by atoms with Gasteiger partial charge in [0.25, 0.3) is 0 Å². The third-order valence-corrected chi connectivity index (χ3v) is 6.95. The van der Waals surface area contributed by atoms with Crippen LogP contribution in [0.2, 0.25) is 0 Å². The minimum Gasteiger partial charge on any atom is -0.504 e. The summed E-state index contributed by atoms with van der Waals surface area (Å²) in [5.74, 6) is 1.98. The predicted molar refractivity (Wildman–Crippen MR) is 147 cm³/mol. The van der Waals surface area contributed by atoms with Crippen LogP contribution in [0.15, 0.2) is 18.2 Å². The van der Waals surface area contributed by atoms with Crippen molar-refractivity contribution in [2.75, 3.05) is 0 Å². The molecule has 1 fully saturated rings. The molecule has 0 aliphatic heterocycles. The molecule has 12 nitrogen and oxygen atoms in total. The molecule has 2 rings (SSSR count). The first-order chi connectivity index (χ1) is 19.9.